The van der Waals surface area contributed by atoms with Crippen LogP contribution in [0.5, 0.6) is 0 Å². The summed E-state index contributed by atoms with van der Waals surface area (Å²) < 4.78 is 4.98. The molecule has 0 fully saturated rings. The van der Waals surface area contributed by atoms with Crippen LogP contribution in [0, 0.1) is 10.1 Å². The summed E-state index contributed by atoms with van der Waals surface area (Å²) in [5, 5.41) is 18.4. The molecule has 0 radical (unpaired) electrons. The van der Waals surface area contributed by atoms with E-state index in [4.69, 9.17) is 4.42 Å². The number of hydrogen-bond donors (Lipinski definition) is 1. The van der Waals surface area contributed by atoms with Gasteiger partial charge in [-0.15, -0.1) is 0 Å². The summed E-state index contributed by atoms with van der Waals surface area (Å²) in [5.41, 5.74) is 2.24. The summed E-state index contributed by atoms with van der Waals surface area (Å²) in [7, 11) is 0. The van der Waals surface area contributed by atoms with E-state index in [1.54, 1.807) is 18.4 Å². The average Bonchev–Trinajstić information content (AvgIpc) is 2.96. The van der Waals surface area contributed by atoms with Crippen LogP contribution in [-0.2, 0) is 0 Å². The van der Waals surface area contributed by atoms with Crippen LogP contribution >= 0.6 is 0 Å². The second-order valence-electron chi connectivity index (χ2n) is 3.57. The summed E-state index contributed by atoms with van der Waals surface area (Å²) in [6.07, 6.45) is 3.08. The number of nitrogens with one attached hydrogen (secondary N) is 1. The Morgan fingerprint density at radius 3 is 2.94 bits per heavy atom. The Morgan fingerprint density at radius 1 is 1.35 bits per heavy atom. The molecular formula is C11H7N3O3. The molecule has 0 spiro atoms. The standard InChI is InChI=1S/C11H7N3O3/c15-14(16)8-1-2-10-9(5-8)11(13-12-10)7-3-4-17-6-7/h1-6H,(H,12,13). The van der Waals surface area contributed by atoms with Crippen molar-refractivity contribution < 1.29 is 9.34 Å². The minimum Gasteiger partial charge on any atom is -0.472 e. The van der Waals surface area contributed by atoms with Crippen molar-refractivity contribution >= 4 is 16.6 Å². The lowest BCUT2D eigenvalue weighted by atomic mass is 10.1. The van der Waals surface area contributed by atoms with Crippen LogP contribution in [0.15, 0.2) is 41.2 Å². The van der Waals surface area contributed by atoms with Gasteiger partial charge in [0.2, 0.25) is 0 Å². The van der Waals surface area contributed by atoms with Crippen LogP contribution in [0.3, 0.4) is 0 Å². The molecule has 1 N–H and O–H groups in total. The van der Waals surface area contributed by atoms with Gasteiger partial charge in [-0.25, -0.2) is 0 Å². The Morgan fingerprint density at radius 2 is 2.24 bits per heavy atom. The first-order valence-electron chi connectivity index (χ1n) is 4.91. The first kappa shape index (κ1) is 9.59. The fourth-order valence-corrected chi connectivity index (χ4v) is 1.73. The highest BCUT2D eigenvalue weighted by Gasteiger charge is 2.13. The number of hydrogen-bond acceptors (Lipinski definition) is 4. The number of nitro benzene ring substituents is 1. The van der Waals surface area contributed by atoms with Crippen LogP contribution in [0.4, 0.5) is 5.69 Å². The monoisotopic (exact) mass is 229 g/mol. The van der Waals surface area contributed by atoms with E-state index in [9.17, 15) is 10.1 Å². The number of H-pyrrole nitrogens is 1. The van der Waals surface area contributed by atoms with Crippen molar-refractivity contribution in [3.63, 3.8) is 0 Å². The van der Waals surface area contributed by atoms with E-state index in [-0.39, 0.29) is 5.69 Å². The molecule has 0 atom stereocenters. The van der Waals surface area contributed by atoms with E-state index in [0.717, 1.165) is 11.1 Å². The first-order valence-corrected chi connectivity index (χ1v) is 4.91. The zero-order chi connectivity index (χ0) is 11.8. The van der Waals surface area contributed by atoms with Gasteiger partial charge in [-0.1, -0.05) is 0 Å². The smallest absolute Gasteiger partial charge is 0.270 e. The van der Waals surface area contributed by atoms with Crippen molar-refractivity contribution in [2.75, 3.05) is 0 Å². The van der Waals surface area contributed by atoms with Gasteiger partial charge in [0.15, 0.2) is 0 Å². The van der Waals surface area contributed by atoms with Gasteiger partial charge in [-0.2, -0.15) is 5.10 Å². The molecule has 84 valence electrons. The van der Waals surface area contributed by atoms with Crippen molar-refractivity contribution in [2.45, 2.75) is 0 Å². The topological polar surface area (TPSA) is 85.0 Å². The van der Waals surface area contributed by atoms with Crippen LogP contribution in [0.25, 0.3) is 22.2 Å². The summed E-state index contributed by atoms with van der Waals surface area (Å²) >= 11 is 0. The molecule has 2 heterocycles. The number of furan rings is 1. The Labute approximate surface area is 95.0 Å². The third-order valence-corrected chi connectivity index (χ3v) is 2.55. The van der Waals surface area contributed by atoms with E-state index in [1.165, 1.54) is 18.4 Å². The number of fused-ring (bicyclic) bond motifs is 1. The number of non-ortho nitro benzene ring substituents is 1. The molecule has 0 aliphatic carbocycles. The quantitative estimate of drug-likeness (QED) is 0.540. The minimum absolute atomic E-state index is 0.0450. The summed E-state index contributed by atoms with van der Waals surface area (Å²) in [5.74, 6) is 0. The molecular weight excluding hydrogens is 222 g/mol. The van der Waals surface area contributed by atoms with Gasteiger partial charge in [0, 0.05) is 23.1 Å². The molecule has 17 heavy (non-hydrogen) atoms. The molecule has 3 rings (SSSR count). The van der Waals surface area contributed by atoms with Crippen molar-refractivity contribution in [3.05, 3.63) is 46.9 Å². The molecule has 0 aliphatic heterocycles. The highest BCUT2D eigenvalue weighted by Crippen LogP contribution is 2.29. The SMILES string of the molecule is O=[N+]([O-])c1ccc2[nH]nc(-c3ccoc3)c2c1. The normalized spacial score (nSPS) is 10.8. The van der Waals surface area contributed by atoms with Crippen LogP contribution in [-0.4, -0.2) is 15.1 Å². The Hall–Kier alpha value is -2.63. The average molecular weight is 229 g/mol. The first-order chi connectivity index (χ1) is 8.25. The van der Waals surface area contributed by atoms with Gasteiger partial charge in [-0.05, 0) is 12.1 Å². The number of rotatable bonds is 2. The van der Waals surface area contributed by atoms with Gasteiger partial charge >= 0.3 is 0 Å². The molecule has 1 aromatic carbocycles. The second kappa shape index (κ2) is 3.44. The van der Waals surface area contributed by atoms with Crippen molar-refractivity contribution in [2.24, 2.45) is 0 Å². The third kappa shape index (κ3) is 1.46. The highest BCUT2D eigenvalue weighted by atomic mass is 16.6. The lowest BCUT2D eigenvalue weighted by Gasteiger charge is -1.93. The molecule has 0 amide bonds. The number of nitro groups is 1. The van der Waals surface area contributed by atoms with Gasteiger partial charge in [0.25, 0.3) is 5.69 Å². The summed E-state index contributed by atoms with van der Waals surface area (Å²) in [6.45, 7) is 0. The predicted molar refractivity (Wildman–Crippen MR) is 60.5 cm³/mol. The van der Waals surface area contributed by atoms with E-state index in [2.05, 4.69) is 10.2 Å². The fraction of sp³-hybridized carbons (Fsp3) is 0. The molecule has 0 saturated carbocycles. The number of nitrogens with zero attached hydrogens (tertiary/aromatic N) is 2. The maximum Gasteiger partial charge on any atom is 0.270 e. The van der Waals surface area contributed by atoms with Gasteiger partial charge in [0.1, 0.15) is 5.69 Å². The largest absolute Gasteiger partial charge is 0.472 e. The van der Waals surface area contributed by atoms with Gasteiger partial charge in [-0.3, -0.25) is 15.2 Å². The van der Waals surface area contributed by atoms with E-state index in [0.29, 0.717) is 11.1 Å². The Balaban J connectivity index is 2.26. The predicted octanol–water partition coefficient (Wildman–Crippen LogP) is 2.73. The molecule has 2 aromatic heterocycles. The molecule has 0 saturated heterocycles. The molecule has 6 heteroatoms. The van der Waals surface area contributed by atoms with E-state index in [1.807, 2.05) is 0 Å². The molecule has 3 aromatic rings. The molecule has 0 unspecified atom stereocenters. The van der Waals surface area contributed by atoms with Gasteiger partial charge in [0.05, 0.1) is 23.0 Å². The van der Waals surface area contributed by atoms with Crippen molar-refractivity contribution in [1.82, 2.24) is 10.2 Å². The van der Waals surface area contributed by atoms with Crippen LogP contribution in [0.2, 0.25) is 0 Å². The minimum atomic E-state index is -0.425. The highest BCUT2D eigenvalue weighted by molar-refractivity contribution is 5.93. The second-order valence-corrected chi connectivity index (χ2v) is 3.57. The zero-order valence-electron chi connectivity index (χ0n) is 8.58. The lowest BCUT2D eigenvalue weighted by Crippen LogP contribution is -1.86. The van der Waals surface area contributed by atoms with Crippen LogP contribution in [0.1, 0.15) is 0 Å². The zero-order valence-corrected chi connectivity index (χ0v) is 8.58. The lowest BCUT2D eigenvalue weighted by molar-refractivity contribution is -0.384. The van der Waals surface area contributed by atoms with Crippen molar-refractivity contribution in [3.8, 4) is 11.3 Å². The van der Waals surface area contributed by atoms with Crippen LogP contribution < -0.4 is 0 Å². The van der Waals surface area contributed by atoms with Gasteiger partial charge < -0.3 is 4.42 Å². The van der Waals surface area contributed by atoms with E-state index >= 15 is 0 Å². The summed E-state index contributed by atoms with van der Waals surface area (Å²) in [6, 6.07) is 6.35. The van der Waals surface area contributed by atoms with E-state index < -0.39 is 4.92 Å². The maximum atomic E-state index is 10.7. The number of benzene rings is 1. The van der Waals surface area contributed by atoms with Crippen molar-refractivity contribution in [1.29, 1.82) is 0 Å². The molecule has 0 bridgehead atoms. The molecule has 6 nitrogen and oxygen atoms in total. The number of aromatic nitrogens is 2. The molecule has 0 aliphatic rings. The summed E-state index contributed by atoms with van der Waals surface area (Å²) in [4.78, 5) is 10.3. The third-order valence-electron chi connectivity index (χ3n) is 2.55. The fourth-order valence-electron chi connectivity index (χ4n) is 1.73. The maximum absolute atomic E-state index is 10.7. The Bertz CT molecular complexity index is 685. The Kier molecular flexibility index (Phi) is 1.94. The number of aromatic amines is 1.